The van der Waals surface area contributed by atoms with E-state index < -0.39 is 0 Å². The van der Waals surface area contributed by atoms with E-state index >= 15 is 0 Å². The van der Waals surface area contributed by atoms with Gasteiger partial charge in [0, 0.05) is 29.3 Å². The highest BCUT2D eigenvalue weighted by Gasteiger charge is 2.39. The SMILES string of the molecule is CCNC1(CO)CCC(SC2CCOCC2)C1. The molecule has 1 aliphatic carbocycles. The first kappa shape index (κ1) is 13.7. The Balaban J connectivity index is 1.79. The van der Waals surface area contributed by atoms with Crippen LogP contribution < -0.4 is 5.32 Å². The maximum atomic E-state index is 9.58. The molecular formula is C13H25NO2S. The molecule has 2 fully saturated rings. The predicted octanol–water partition coefficient (Wildman–Crippen LogP) is 1.79. The summed E-state index contributed by atoms with van der Waals surface area (Å²) in [4.78, 5) is 0. The van der Waals surface area contributed by atoms with Gasteiger partial charge in [0.1, 0.15) is 0 Å². The van der Waals surface area contributed by atoms with Crippen molar-refractivity contribution in [2.75, 3.05) is 26.4 Å². The van der Waals surface area contributed by atoms with Crippen LogP contribution in [-0.4, -0.2) is 47.5 Å². The fraction of sp³-hybridized carbons (Fsp3) is 1.00. The van der Waals surface area contributed by atoms with Gasteiger partial charge in [-0.2, -0.15) is 11.8 Å². The van der Waals surface area contributed by atoms with Crippen LogP contribution in [0.4, 0.5) is 0 Å². The van der Waals surface area contributed by atoms with Gasteiger partial charge >= 0.3 is 0 Å². The Kier molecular flexibility index (Phi) is 5.15. The van der Waals surface area contributed by atoms with Crippen LogP contribution >= 0.6 is 11.8 Å². The Labute approximate surface area is 109 Å². The molecule has 0 aromatic rings. The molecule has 0 spiro atoms. The van der Waals surface area contributed by atoms with Crippen molar-refractivity contribution in [1.82, 2.24) is 5.32 Å². The maximum Gasteiger partial charge on any atom is 0.0613 e. The van der Waals surface area contributed by atoms with E-state index in [9.17, 15) is 5.11 Å². The van der Waals surface area contributed by atoms with Gasteiger partial charge in [0.25, 0.3) is 0 Å². The van der Waals surface area contributed by atoms with Gasteiger partial charge in [-0.05, 0) is 38.6 Å². The minimum Gasteiger partial charge on any atom is -0.394 e. The molecule has 0 bridgehead atoms. The number of ether oxygens (including phenoxy) is 1. The lowest BCUT2D eigenvalue weighted by molar-refractivity contribution is 0.0999. The zero-order chi connectivity index (χ0) is 12.1. The Morgan fingerprint density at radius 1 is 1.29 bits per heavy atom. The molecule has 100 valence electrons. The standard InChI is InChI=1S/C13H25NO2S/c1-2-14-13(10-15)6-3-12(9-13)17-11-4-7-16-8-5-11/h11-12,14-15H,2-10H2,1H3. The van der Waals surface area contributed by atoms with Gasteiger partial charge in [0.2, 0.25) is 0 Å². The fourth-order valence-electron chi connectivity index (χ4n) is 3.01. The highest BCUT2D eigenvalue weighted by atomic mass is 32.2. The van der Waals surface area contributed by atoms with Gasteiger partial charge in [-0.25, -0.2) is 0 Å². The summed E-state index contributed by atoms with van der Waals surface area (Å²) in [7, 11) is 0. The molecule has 2 aliphatic rings. The monoisotopic (exact) mass is 259 g/mol. The second-order valence-corrected chi connectivity index (χ2v) is 6.89. The van der Waals surface area contributed by atoms with Crippen molar-refractivity contribution >= 4 is 11.8 Å². The van der Waals surface area contributed by atoms with Crippen molar-refractivity contribution in [2.24, 2.45) is 0 Å². The number of aliphatic hydroxyl groups is 1. The quantitative estimate of drug-likeness (QED) is 0.790. The van der Waals surface area contributed by atoms with E-state index in [1.807, 2.05) is 0 Å². The second-order valence-electron chi connectivity index (χ2n) is 5.28. The summed E-state index contributed by atoms with van der Waals surface area (Å²) in [5.41, 5.74) is 0.0115. The third kappa shape index (κ3) is 3.60. The Hall–Kier alpha value is 0.230. The molecule has 0 radical (unpaired) electrons. The number of hydrogen-bond acceptors (Lipinski definition) is 4. The Bertz CT molecular complexity index is 233. The van der Waals surface area contributed by atoms with Crippen molar-refractivity contribution in [3.05, 3.63) is 0 Å². The van der Waals surface area contributed by atoms with Gasteiger partial charge < -0.3 is 15.2 Å². The van der Waals surface area contributed by atoms with Gasteiger partial charge in [0.15, 0.2) is 0 Å². The van der Waals surface area contributed by atoms with E-state index in [-0.39, 0.29) is 12.1 Å². The average Bonchev–Trinajstić information content (AvgIpc) is 2.75. The molecule has 2 unspecified atom stereocenters. The number of rotatable bonds is 5. The van der Waals surface area contributed by atoms with Gasteiger partial charge in [-0.15, -0.1) is 0 Å². The molecule has 0 aromatic carbocycles. The predicted molar refractivity (Wildman–Crippen MR) is 72.6 cm³/mol. The van der Waals surface area contributed by atoms with E-state index in [0.717, 1.165) is 43.1 Å². The van der Waals surface area contributed by atoms with Crippen LogP contribution in [0.25, 0.3) is 0 Å². The van der Waals surface area contributed by atoms with Crippen LogP contribution in [0.5, 0.6) is 0 Å². The van der Waals surface area contributed by atoms with Crippen molar-refractivity contribution in [3.8, 4) is 0 Å². The summed E-state index contributed by atoms with van der Waals surface area (Å²) in [5, 5.41) is 14.6. The molecular weight excluding hydrogens is 234 g/mol. The average molecular weight is 259 g/mol. The summed E-state index contributed by atoms with van der Waals surface area (Å²) < 4.78 is 5.40. The maximum absolute atomic E-state index is 9.58. The van der Waals surface area contributed by atoms with Gasteiger partial charge in [-0.1, -0.05) is 6.92 Å². The summed E-state index contributed by atoms with van der Waals surface area (Å²) >= 11 is 2.14. The molecule has 4 heteroatoms. The minimum absolute atomic E-state index is 0.0115. The summed E-state index contributed by atoms with van der Waals surface area (Å²) in [5.74, 6) is 0. The van der Waals surface area contributed by atoms with E-state index in [2.05, 4.69) is 24.0 Å². The van der Waals surface area contributed by atoms with E-state index in [4.69, 9.17) is 4.74 Å². The molecule has 2 N–H and O–H groups in total. The van der Waals surface area contributed by atoms with Crippen LogP contribution in [0, 0.1) is 0 Å². The molecule has 3 nitrogen and oxygen atoms in total. The number of likely N-dealkylation sites (N-methyl/N-ethyl adjacent to an activating group) is 1. The van der Waals surface area contributed by atoms with Crippen molar-refractivity contribution < 1.29 is 9.84 Å². The zero-order valence-electron chi connectivity index (χ0n) is 10.8. The van der Waals surface area contributed by atoms with Crippen molar-refractivity contribution in [2.45, 2.75) is 55.1 Å². The highest BCUT2D eigenvalue weighted by molar-refractivity contribution is 8.00. The molecule has 2 atom stereocenters. The van der Waals surface area contributed by atoms with E-state index in [1.165, 1.54) is 19.3 Å². The molecule has 0 amide bonds. The number of aliphatic hydroxyl groups excluding tert-OH is 1. The van der Waals surface area contributed by atoms with Crippen LogP contribution in [0.1, 0.15) is 39.0 Å². The van der Waals surface area contributed by atoms with Crippen molar-refractivity contribution in [1.29, 1.82) is 0 Å². The normalized spacial score (nSPS) is 35.3. The molecule has 0 aromatic heterocycles. The first-order valence-corrected chi connectivity index (χ1v) is 7.81. The molecule has 1 saturated heterocycles. The third-order valence-corrected chi connectivity index (χ3v) is 5.61. The lowest BCUT2D eigenvalue weighted by Gasteiger charge is -2.29. The van der Waals surface area contributed by atoms with Gasteiger partial charge in [-0.3, -0.25) is 0 Å². The zero-order valence-corrected chi connectivity index (χ0v) is 11.6. The summed E-state index contributed by atoms with van der Waals surface area (Å²) in [6.45, 7) is 5.22. The third-order valence-electron chi connectivity index (χ3n) is 3.97. The second kappa shape index (κ2) is 6.41. The van der Waals surface area contributed by atoms with Crippen LogP contribution in [0.15, 0.2) is 0 Å². The summed E-state index contributed by atoms with van der Waals surface area (Å²) in [6.07, 6.45) is 5.90. The van der Waals surface area contributed by atoms with E-state index in [1.54, 1.807) is 0 Å². The Morgan fingerprint density at radius 3 is 2.71 bits per heavy atom. The molecule has 17 heavy (non-hydrogen) atoms. The highest BCUT2D eigenvalue weighted by Crippen LogP contribution is 2.40. The topological polar surface area (TPSA) is 41.5 Å². The molecule has 1 saturated carbocycles. The van der Waals surface area contributed by atoms with Crippen LogP contribution in [-0.2, 0) is 4.74 Å². The van der Waals surface area contributed by atoms with E-state index in [0.29, 0.717) is 0 Å². The molecule has 1 heterocycles. The lowest BCUT2D eigenvalue weighted by atomic mass is 9.99. The number of hydrogen-bond donors (Lipinski definition) is 2. The van der Waals surface area contributed by atoms with Crippen LogP contribution in [0.2, 0.25) is 0 Å². The first-order chi connectivity index (χ1) is 8.28. The fourth-order valence-corrected chi connectivity index (χ4v) is 4.69. The Morgan fingerprint density at radius 2 is 2.06 bits per heavy atom. The van der Waals surface area contributed by atoms with Crippen LogP contribution in [0.3, 0.4) is 0 Å². The van der Waals surface area contributed by atoms with Crippen molar-refractivity contribution in [3.63, 3.8) is 0 Å². The lowest BCUT2D eigenvalue weighted by Crippen LogP contribution is -2.46. The largest absolute Gasteiger partial charge is 0.394 e. The number of nitrogens with one attached hydrogen (secondary N) is 1. The first-order valence-electron chi connectivity index (χ1n) is 6.87. The molecule has 1 aliphatic heterocycles. The minimum atomic E-state index is 0.0115. The number of thioether (sulfide) groups is 1. The van der Waals surface area contributed by atoms with Gasteiger partial charge in [0.05, 0.1) is 6.61 Å². The smallest absolute Gasteiger partial charge is 0.0613 e. The molecule has 2 rings (SSSR count). The summed E-state index contributed by atoms with van der Waals surface area (Å²) in [6, 6.07) is 0.